The predicted octanol–water partition coefficient (Wildman–Crippen LogP) is 2.91. The summed E-state index contributed by atoms with van der Waals surface area (Å²) in [5.41, 5.74) is 1.42. The van der Waals surface area contributed by atoms with Gasteiger partial charge in [-0.2, -0.15) is 0 Å². The third kappa shape index (κ3) is 6.60. The highest BCUT2D eigenvalue weighted by atomic mass is 16.5. The number of ether oxygens (including phenoxy) is 1. The molecule has 0 bridgehead atoms. The van der Waals surface area contributed by atoms with E-state index in [1.807, 2.05) is 0 Å². The highest BCUT2D eigenvalue weighted by Gasteiger charge is 2.18. The van der Waals surface area contributed by atoms with Gasteiger partial charge in [-0.3, -0.25) is 4.90 Å². The maximum atomic E-state index is 5.61. The van der Waals surface area contributed by atoms with Gasteiger partial charge in [-0.1, -0.05) is 44.2 Å². The number of nitrogens with one attached hydrogen (secondary N) is 1. The summed E-state index contributed by atoms with van der Waals surface area (Å²) in [5, 5.41) is 3.63. The first-order valence-corrected chi connectivity index (χ1v) is 8.31. The van der Waals surface area contributed by atoms with Crippen molar-refractivity contribution in [1.29, 1.82) is 0 Å². The average molecular weight is 290 g/mol. The van der Waals surface area contributed by atoms with E-state index < -0.39 is 0 Å². The molecule has 1 heterocycles. The maximum absolute atomic E-state index is 5.61. The zero-order valence-corrected chi connectivity index (χ0v) is 13.6. The standard InChI is InChI=1S/C18H30N2O/c1-16(2)15-21-13-10-19-18-8-11-20(12-9-18)14-17-6-4-3-5-7-17/h3-7,16,18-19H,8-15H2,1-2H3. The van der Waals surface area contributed by atoms with Gasteiger partial charge in [0.05, 0.1) is 6.61 Å². The topological polar surface area (TPSA) is 24.5 Å². The molecule has 3 nitrogen and oxygen atoms in total. The minimum atomic E-state index is 0.631. The first kappa shape index (κ1) is 16.5. The van der Waals surface area contributed by atoms with Gasteiger partial charge < -0.3 is 10.1 Å². The van der Waals surface area contributed by atoms with Crippen LogP contribution in [-0.2, 0) is 11.3 Å². The van der Waals surface area contributed by atoms with E-state index in [2.05, 4.69) is 54.4 Å². The van der Waals surface area contributed by atoms with Crippen molar-refractivity contribution >= 4 is 0 Å². The summed E-state index contributed by atoms with van der Waals surface area (Å²) in [6.07, 6.45) is 2.49. The highest BCUT2D eigenvalue weighted by Crippen LogP contribution is 2.13. The Bertz CT molecular complexity index is 372. The molecule has 0 unspecified atom stereocenters. The van der Waals surface area contributed by atoms with Crippen LogP contribution < -0.4 is 5.32 Å². The van der Waals surface area contributed by atoms with Gasteiger partial charge >= 0.3 is 0 Å². The normalized spacial score (nSPS) is 17.5. The number of likely N-dealkylation sites (tertiary alicyclic amines) is 1. The molecule has 21 heavy (non-hydrogen) atoms. The van der Waals surface area contributed by atoms with Gasteiger partial charge in [0.25, 0.3) is 0 Å². The molecular weight excluding hydrogens is 260 g/mol. The third-order valence-electron chi connectivity index (χ3n) is 3.97. The van der Waals surface area contributed by atoms with E-state index in [-0.39, 0.29) is 0 Å². The van der Waals surface area contributed by atoms with E-state index in [9.17, 15) is 0 Å². The van der Waals surface area contributed by atoms with E-state index >= 15 is 0 Å². The zero-order chi connectivity index (χ0) is 14.9. The van der Waals surface area contributed by atoms with Crippen molar-refractivity contribution in [2.24, 2.45) is 5.92 Å². The SMILES string of the molecule is CC(C)COCCNC1CCN(Cc2ccccc2)CC1. The minimum absolute atomic E-state index is 0.631. The van der Waals surface area contributed by atoms with Gasteiger partial charge in [0, 0.05) is 25.7 Å². The summed E-state index contributed by atoms with van der Waals surface area (Å²) in [7, 11) is 0. The average Bonchev–Trinajstić information content (AvgIpc) is 2.49. The van der Waals surface area contributed by atoms with Crippen molar-refractivity contribution in [1.82, 2.24) is 10.2 Å². The Kier molecular flexibility index (Phi) is 7.20. The summed E-state index contributed by atoms with van der Waals surface area (Å²) >= 11 is 0. The monoisotopic (exact) mass is 290 g/mol. The van der Waals surface area contributed by atoms with E-state index in [1.165, 1.54) is 31.5 Å². The van der Waals surface area contributed by atoms with Crippen molar-refractivity contribution < 1.29 is 4.74 Å². The Morgan fingerprint density at radius 1 is 1.19 bits per heavy atom. The van der Waals surface area contributed by atoms with Crippen LogP contribution in [0, 0.1) is 5.92 Å². The molecule has 118 valence electrons. The first-order chi connectivity index (χ1) is 10.2. The Hall–Kier alpha value is -0.900. The summed E-state index contributed by atoms with van der Waals surface area (Å²) in [6.45, 7) is 10.5. The molecule has 0 amide bonds. The van der Waals surface area contributed by atoms with Gasteiger partial charge in [-0.05, 0) is 37.4 Å². The van der Waals surface area contributed by atoms with Gasteiger partial charge in [0.2, 0.25) is 0 Å². The van der Waals surface area contributed by atoms with Crippen LogP contribution in [0.5, 0.6) is 0 Å². The van der Waals surface area contributed by atoms with Crippen LogP contribution in [0.1, 0.15) is 32.3 Å². The van der Waals surface area contributed by atoms with Crippen molar-refractivity contribution in [3.05, 3.63) is 35.9 Å². The van der Waals surface area contributed by atoms with Crippen LogP contribution in [-0.4, -0.2) is 43.8 Å². The Balaban J connectivity index is 1.56. The van der Waals surface area contributed by atoms with Crippen LogP contribution >= 0.6 is 0 Å². The fourth-order valence-corrected chi connectivity index (χ4v) is 2.79. The number of rotatable bonds is 8. The van der Waals surface area contributed by atoms with Crippen molar-refractivity contribution in [2.45, 2.75) is 39.3 Å². The molecule has 1 saturated heterocycles. The lowest BCUT2D eigenvalue weighted by atomic mass is 10.0. The second-order valence-corrected chi connectivity index (χ2v) is 6.46. The van der Waals surface area contributed by atoms with E-state index in [1.54, 1.807) is 0 Å². The van der Waals surface area contributed by atoms with Crippen molar-refractivity contribution in [3.8, 4) is 0 Å². The third-order valence-corrected chi connectivity index (χ3v) is 3.97. The molecule has 1 aromatic rings. The smallest absolute Gasteiger partial charge is 0.0591 e. The number of nitrogens with zero attached hydrogens (tertiary/aromatic N) is 1. The molecule has 0 radical (unpaired) electrons. The molecule has 1 N–H and O–H groups in total. The molecular formula is C18H30N2O. The summed E-state index contributed by atoms with van der Waals surface area (Å²) in [4.78, 5) is 2.56. The van der Waals surface area contributed by atoms with E-state index in [0.717, 1.165) is 26.3 Å². The van der Waals surface area contributed by atoms with Gasteiger partial charge in [-0.15, -0.1) is 0 Å². The molecule has 0 aromatic heterocycles. The lowest BCUT2D eigenvalue weighted by Crippen LogP contribution is -2.43. The number of piperidine rings is 1. The number of benzene rings is 1. The molecule has 0 saturated carbocycles. The van der Waals surface area contributed by atoms with Gasteiger partial charge in [0.1, 0.15) is 0 Å². The fourth-order valence-electron chi connectivity index (χ4n) is 2.79. The summed E-state index contributed by atoms with van der Waals surface area (Å²) in [6, 6.07) is 11.4. The lowest BCUT2D eigenvalue weighted by molar-refractivity contribution is 0.106. The predicted molar refractivity (Wildman–Crippen MR) is 88.4 cm³/mol. The Morgan fingerprint density at radius 3 is 2.57 bits per heavy atom. The number of hydrogen-bond acceptors (Lipinski definition) is 3. The highest BCUT2D eigenvalue weighted by molar-refractivity contribution is 5.14. The molecule has 0 atom stereocenters. The second-order valence-electron chi connectivity index (χ2n) is 6.46. The Morgan fingerprint density at radius 2 is 1.90 bits per heavy atom. The second kappa shape index (κ2) is 9.19. The van der Waals surface area contributed by atoms with E-state index in [0.29, 0.717) is 12.0 Å². The van der Waals surface area contributed by atoms with Crippen molar-refractivity contribution in [2.75, 3.05) is 32.8 Å². The molecule has 1 aliphatic heterocycles. The largest absolute Gasteiger partial charge is 0.380 e. The minimum Gasteiger partial charge on any atom is -0.380 e. The zero-order valence-electron chi connectivity index (χ0n) is 13.6. The van der Waals surface area contributed by atoms with Crippen LogP contribution in [0.15, 0.2) is 30.3 Å². The van der Waals surface area contributed by atoms with Crippen molar-refractivity contribution in [3.63, 3.8) is 0 Å². The van der Waals surface area contributed by atoms with Crippen LogP contribution in [0.3, 0.4) is 0 Å². The molecule has 0 aliphatic carbocycles. The lowest BCUT2D eigenvalue weighted by Gasteiger charge is -2.32. The molecule has 1 aromatic carbocycles. The Labute approximate surface area is 129 Å². The fraction of sp³-hybridized carbons (Fsp3) is 0.667. The molecule has 0 spiro atoms. The maximum Gasteiger partial charge on any atom is 0.0591 e. The molecule has 2 rings (SSSR count). The molecule has 1 fully saturated rings. The van der Waals surface area contributed by atoms with Crippen LogP contribution in [0.4, 0.5) is 0 Å². The summed E-state index contributed by atoms with van der Waals surface area (Å²) < 4.78 is 5.61. The first-order valence-electron chi connectivity index (χ1n) is 8.31. The number of hydrogen-bond donors (Lipinski definition) is 1. The van der Waals surface area contributed by atoms with Crippen LogP contribution in [0.2, 0.25) is 0 Å². The molecule has 1 aliphatic rings. The quantitative estimate of drug-likeness (QED) is 0.745. The molecule has 3 heteroatoms. The van der Waals surface area contributed by atoms with Crippen LogP contribution in [0.25, 0.3) is 0 Å². The summed E-state index contributed by atoms with van der Waals surface area (Å²) in [5.74, 6) is 0.631. The van der Waals surface area contributed by atoms with Gasteiger partial charge in [-0.25, -0.2) is 0 Å². The van der Waals surface area contributed by atoms with E-state index in [4.69, 9.17) is 4.74 Å². The van der Waals surface area contributed by atoms with Gasteiger partial charge in [0.15, 0.2) is 0 Å².